The lowest BCUT2D eigenvalue weighted by molar-refractivity contribution is -0.274. The average molecular weight is 776 g/mol. The number of nitrogens with zero attached hydrogens (tertiary/aromatic N) is 2. The summed E-state index contributed by atoms with van der Waals surface area (Å²) in [5.74, 6) is -3.05. The maximum Gasteiger partial charge on any atom is 0.305 e. The molecule has 6 N–H and O–H groups in total. The van der Waals surface area contributed by atoms with Crippen molar-refractivity contribution in [2.75, 3.05) is 37.0 Å². The quantitative estimate of drug-likeness (QED) is 0.0694. The molecular weight excluding hydrogens is 726 g/mol. The van der Waals surface area contributed by atoms with Crippen LogP contribution in [0.3, 0.4) is 0 Å². The predicted octanol–water partition coefficient (Wildman–Crippen LogP) is 1.30. The number of ether oxygens (including phenoxy) is 3. The molecule has 3 aliphatic heterocycles. The van der Waals surface area contributed by atoms with Crippen molar-refractivity contribution in [1.82, 2.24) is 4.90 Å². The molecule has 2 fully saturated rings. The number of unbranched alkanes of at least 4 members (excludes halogenated alkanes) is 1. The number of methoxy groups -OCH3 is 1. The molecule has 15 nitrogen and oxygen atoms in total. The van der Waals surface area contributed by atoms with Gasteiger partial charge in [0.1, 0.15) is 18.3 Å². The Kier molecular flexibility index (Phi) is 12.9. The summed E-state index contributed by atoms with van der Waals surface area (Å²) in [7, 11) is -2.41. The van der Waals surface area contributed by atoms with Gasteiger partial charge in [0, 0.05) is 48.8 Å². The second kappa shape index (κ2) is 16.9. The lowest BCUT2D eigenvalue weighted by Crippen LogP contribution is -2.60. The second-order valence-electron chi connectivity index (χ2n) is 14.6. The van der Waals surface area contributed by atoms with E-state index in [1.807, 2.05) is 30.3 Å². The van der Waals surface area contributed by atoms with Crippen LogP contribution in [0.4, 0.5) is 15.5 Å². The predicted molar refractivity (Wildman–Crippen MR) is 194 cm³/mol. The Balaban J connectivity index is 1.49. The van der Waals surface area contributed by atoms with Crippen molar-refractivity contribution < 1.29 is 63.0 Å². The largest absolute Gasteiger partial charge is 0.469 e. The number of aliphatic hydroxyl groups excluding tert-OH is 5. The average Bonchev–Trinajstić information content (AvgIpc) is 3.56. The van der Waals surface area contributed by atoms with Crippen LogP contribution in [0.5, 0.6) is 0 Å². The Labute approximate surface area is 313 Å². The molecule has 2 saturated heterocycles. The smallest absolute Gasteiger partial charge is 0.305 e. The van der Waals surface area contributed by atoms with Gasteiger partial charge in [0.2, 0.25) is 14.3 Å². The van der Waals surface area contributed by atoms with Crippen LogP contribution in [-0.4, -0.2) is 126 Å². The summed E-state index contributed by atoms with van der Waals surface area (Å²) < 4.78 is 33.0. The van der Waals surface area contributed by atoms with E-state index in [9.17, 15) is 44.7 Å². The summed E-state index contributed by atoms with van der Waals surface area (Å²) in [6, 6.07) is 13.8. The molecule has 9 atom stereocenters. The zero-order valence-corrected chi connectivity index (χ0v) is 31.8. The van der Waals surface area contributed by atoms with Gasteiger partial charge in [0.25, 0.3) is 11.8 Å². The van der Waals surface area contributed by atoms with Crippen LogP contribution in [-0.2, 0) is 45.5 Å². The van der Waals surface area contributed by atoms with Crippen LogP contribution in [0.15, 0.2) is 48.5 Å². The second-order valence-corrected chi connectivity index (χ2v) is 18.4. The van der Waals surface area contributed by atoms with Crippen LogP contribution in [0.2, 0.25) is 18.6 Å². The van der Waals surface area contributed by atoms with Crippen molar-refractivity contribution in [3.63, 3.8) is 0 Å². The van der Waals surface area contributed by atoms with Crippen LogP contribution < -0.4 is 10.2 Å². The first kappa shape index (κ1) is 41.4. The SMILES string of the molecule is COC(=O)CCCCN1C(=O)[C@]2(O[C@H](CC(=O)N(CCO)Cc3ccccc3)[C@@H]([Si](C)(C)F)[C@@H]2C)c2cc(NC(=O)[C@H]3O[C@@H](O)[C@H](O)[C@@H](O)[C@@H]3O)ccc21. The van der Waals surface area contributed by atoms with Crippen molar-refractivity contribution >= 4 is 43.5 Å². The van der Waals surface area contributed by atoms with Gasteiger partial charge in [-0.05, 0) is 49.7 Å². The summed E-state index contributed by atoms with van der Waals surface area (Å²) >= 11 is 0. The van der Waals surface area contributed by atoms with Crippen molar-refractivity contribution in [2.45, 2.75) is 100 Å². The summed E-state index contributed by atoms with van der Waals surface area (Å²) in [5.41, 5.74) is -0.962. The van der Waals surface area contributed by atoms with Gasteiger partial charge in [-0.1, -0.05) is 37.3 Å². The minimum absolute atomic E-state index is 0.0266. The maximum absolute atomic E-state index is 16.5. The molecule has 2 aromatic rings. The van der Waals surface area contributed by atoms with E-state index in [-0.39, 0.29) is 44.8 Å². The lowest BCUT2D eigenvalue weighted by atomic mass is 9.82. The van der Waals surface area contributed by atoms with Gasteiger partial charge in [-0.15, -0.1) is 0 Å². The van der Waals surface area contributed by atoms with Gasteiger partial charge >= 0.3 is 5.97 Å². The first-order valence-electron chi connectivity index (χ1n) is 18.1. The van der Waals surface area contributed by atoms with E-state index in [0.717, 1.165) is 5.56 Å². The first-order valence-corrected chi connectivity index (χ1v) is 21.0. The van der Waals surface area contributed by atoms with E-state index in [4.69, 9.17) is 14.2 Å². The highest BCUT2D eigenvalue weighted by Gasteiger charge is 2.67. The molecule has 296 valence electrons. The molecule has 0 aromatic heterocycles. The number of nitrogens with one attached hydrogen (secondary N) is 1. The number of rotatable bonds is 14. The normalized spacial score (nSPS) is 29.3. The molecular formula is C37H50FN3O12Si. The standard InChI is InChI=1S/C37H50FN3O12Si/c1-21-33(54(3,4)38)26(19-27(43)40(16-17-42)20-22-10-6-5-7-11-22)53-37(21)24-18-23(39-34(48)32-30(46)29(45)31(47)35(49)52-32)13-14-25(24)41(36(37)50)15-9-8-12-28(44)51-2/h5-7,10-11,13-14,18,21,26,29-33,35,42,45-47,49H,8-9,12,15-17,19-20H2,1-4H3,(H,39,48)/t21-,26+,29-,30-,31+,32-,33-,35+,37+/m0/s1. The molecule has 5 rings (SSSR count). The maximum atomic E-state index is 16.5. The molecule has 3 amide bonds. The van der Waals surface area contributed by atoms with Crippen molar-refractivity contribution in [1.29, 1.82) is 0 Å². The van der Waals surface area contributed by atoms with E-state index in [1.54, 1.807) is 13.0 Å². The summed E-state index contributed by atoms with van der Waals surface area (Å²) in [5, 5.41) is 52.8. The van der Waals surface area contributed by atoms with Gasteiger partial charge in [-0.3, -0.25) is 19.2 Å². The zero-order chi connectivity index (χ0) is 39.5. The number of aliphatic hydroxyl groups is 5. The Morgan fingerprint density at radius 3 is 2.39 bits per heavy atom. The highest BCUT2D eigenvalue weighted by molar-refractivity contribution is 6.72. The number of halogens is 1. The lowest BCUT2D eigenvalue weighted by Gasteiger charge is -2.37. The number of carbonyl (C=O) groups excluding carboxylic acids is 4. The number of hydrogen-bond donors (Lipinski definition) is 6. The number of benzene rings is 2. The van der Waals surface area contributed by atoms with Crippen LogP contribution in [0.25, 0.3) is 0 Å². The summed E-state index contributed by atoms with van der Waals surface area (Å²) in [6.07, 6.45) is -9.69. The molecule has 0 radical (unpaired) electrons. The molecule has 0 bridgehead atoms. The fraction of sp³-hybridized carbons (Fsp3) is 0.568. The molecule has 1 spiro atoms. The van der Waals surface area contributed by atoms with Gasteiger partial charge in [0.05, 0.1) is 31.9 Å². The highest BCUT2D eigenvalue weighted by atomic mass is 28.4. The first-order chi connectivity index (χ1) is 25.5. The third kappa shape index (κ3) is 8.23. The van der Waals surface area contributed by atoms with E-state index >= 15 is 4.11 Å². The number of amides is 3. The molecule has 17 heteroatoms. The minimum Gasteiger partial charge on any atom is -0.469 e. The fourth-order valence-electron chi connectivity index (χ4n) is 8.00. The Morgan fingerprint density at radius 1 is 1.04 bits per heavy atom. The van der Waals surface area contributed by atoms with Gasteiger partial charge in [0.15, 0.2) is 18.0 Å². The molecule has 0 unspecified atom stereocenters. The number of carbonyl (C=O) groups is 4. The van der Waals surface area contributed by atoms with Gasteiger partial charge in [-0.25, -0.2) is 0 Å². The molecule has 54 heavy (non-hydrogen) atoms. The Morgan fingerprint density at radius 2 is 1.74 bits per heavy atom. The molecule has 3 heterocycles. The van der Waals surface area contributed by atoms with E-state index in [2.05, 4.69) is 5.32 Å². The van der Waals surface area contributed by atoms with E-state index in [0.29, 0.717) is 24.1 Å². The Bertz CT molecular complexity index is 1680. The third-order valence-corrected chi connectivity index (χ3v) is 13.1. The zero-order valence-electron chi connectivity index (χ0n) is 30.8. The minimum atomic E-state index is -3.70. The topological polar surface area (TPSA) is 216 Å². The van der Waals surface area contributed by atoms with E-state index in [1.165, 1.54) is 42.1 Å². The number of anilines is 2. The monoisotopic (exact) mass is 775 g/mol. The Hall–Kier alpha value is -3.81. The third-order valence-electron chi connectivity index (χ3n) is 10.6. The van der Waals surface area contributed by atoms with Crippen LogP contribution in [0, 0.1) is 5.92 Å². The number of hydrogen-bond acceptors (Lipinski definition) is 12. The molecule has 0 saturated carbocycles. The highest BCUT2D eigenvalue weighted by Crippen LogP contribution is 2.60. The number of esters is 1. The van der Waals surface area contributed by atoms with Crippen molar-refractivity contribution in [3.05, 3.63) is 59.7 Å². The van der Waals surface area contributed by atoms with Crippen LogP contribution >= 0.6 is 0 Å². The fourth-order valence-corrected chi connectivity index (χ4v) is 10.5. The molecule has 2 aromatic carbocycles. The summed E-state index contributed by atoms with van der Waals surface area (Å²) in [4.78, 5) is 56.7. The molecule has 0 aliphatic carbocycles. The van der Waals surface area contributed by atoms with Crippen molar-refractivity contribution in [3.8, 4) is 0 Å². The van der Waals surface area contributed by atoms with E-state index < -0.39 is 86.0 Å². The number of fused-ring (bicyclic) bond motifs is 2. The van der Waals surface area contributed by atoms with Gasteiger partial charge < -0.3 is 59.0 Å². The molecule has 3 aliphatic rings. The van der Waals surface area contributed by atoms with Gasteiger partial charge in [-0.2, -0.15) is 0 Å². The van der Waals surface area contributed by atoms with Crippen molar-refractivity contribution in [2.24, 2.45) is 5.92 Å². The van der Waals surface area contributed by atoms with Crippen LogP contribution in [0.1, 0.15) is 43.7 Å². The summed E-state index contributed by atoms with van der Waals surface area (Å²) in [6.45, 7) is 4.81.